The van der Waals surface area contributed by atoms with Crippen molar-refractivity contribution in [2.75, 3.05) is 17.3 Å². The zero-order chi connectivity index (χ0) is 14.0. The highest BCUT2D eigenvalue weighted by atomic mass is 79.9. The SMILES string of the molecule is CSc1nc(N)cc(Nc2cc(F)c(Br)cc2F)n1. The molecule has 8 heteroatoms. The third kappa shape index (κ3) is 3.32. The minimum Gasteiger partial charge on any atom is -0.383 e. The Bertz CT molecular complexity index is 624. The summed E-state index contributed by atoms with van der Waals surface area (Å²) < 4.78 is 27.1. The lowest BCUT2D eigenvalue weighted by molar-refractivity contribution is 0.597. The smallest absolute Gasteiger partial charge is 0.191 e. The van der Waals surface area contributed by atoms with E-state index in [2.05, 4.69) is 31.2 Å². The van der Waals surface area contributed by atoms with Crippen LogP contribution >= 0.6 is 27.7 Å². The summed E-state index contributed by atoms with van der Waals surface area (Å²) in [6.07, 6.45) is 1.79. The molecule has 0 saturated carbocycles. The van der Waals surface area contributed by atoms with Gasteiger partial charge >= 0.3 is 0 Å². The molecule has 2 aromatic rings. The van der Waals surface area contributed by atoms with Gasteiger partial charge in [0.2, 0.25) is 0 Å². The molecule has 0 radical (unpaired) electrons. The van der Waals surface area contributed by atoms with E-state index >= 15 is 0 Å². The van der Waals surface area contributed by atoms with Gasteiger partial charge in [-0.25, -0.2) is 18.7 Å². The van der Waals surface area contributed by atoms with Crippen LogP contribution in [0.15, 0.2) is 27.8 Å². The molecule has 1 aromatic heterocycles. The van der Waals surface area contributed by atoms with E-state index in [0.717, 1.165) is 12.1 Å². The fourth-order valence-corrected chi connectivity index (χ4v) is 2.06. The Kier molecular flexibility index (Phi) is 4.20. The molecule has 0 aliphatic heterocycles. The Morgan fingerprint density at radius 2 is 1.95 bits per heavy atom. The van der Waals surface area contributed by atoms with Crippen LogP contribution in [-0.4, -0.2) is 16.2 Å². The highest BCUT2D eigenvalue weighted by Crippen LogP contribution is 2.26. The van der Waals surface area contributed by atoms with Gasteiger partial charge in [0.15, 0.2) is 5.16 Å². The summed E-state index contributed by atoms with van der Waals surface area (Å²) in [5.74, 6) is -0.621. The normalized spacial score (nSPS) is 10.5. The van der Waals surface area contributed by atoms with Crippen molar-refractivity contribution in [3.8, 4) is 0 Å². The predicted octanol–water partition coefficient (Wildman–Crippen LogP) is 3.57. The highest BCUT2D eigenvalue weighted by molar-refractivity contribution is 9.10. The first-order chi connectivity index (χ1) is 8.99. The van der Waals surface area contributed by atoms with Crippen LogP contribution in [0.3, 0.4) is 0 Å². The van der Waals surface area contributed by atoms with E-state index in [1.54, 1.807) is 6.26 Å². The van der Waals surface area contributed by atoms with Crippen molar-refractivity contribution in [2.45, 2.75) is 5.16 Å². The van der Waals surface area contributed by atoms with Gasteiger partial charge in [-0.3, -0.25) is 0 Å². The first-order valence-electron chi connectivity index (χ1n) is 5.09. The molecular weight excluding hydrogens is 338 g/mol. The molecule has 1 aromatic carbocycles. The second kappa shape index (κ2) is 5.70. The number of nitrogens with two attached hydrogens (primary N) is 1. The van der Waals surface area contributed by atoms with Crippen molar-refractivity contribution in [2.24, 2.45) is 0 Å². The molecule has 3 N–H and O–H groups in total. The molecule has 0 spiro atoms. The van der Waals surface area contributed by atoms with Gasteiger partial charge < -0.3 is 11.1 Å². The first-order valence-corrected chi connectivity index (χ1v) is 7.11. The van der Waals surface area contributed by atoms with E-state index in [-0.39, 0.29) is 16.0 Å². The average Bonchev–Trinajstić information content (AvgIpc) is 2.35. The number of anilines is 3. The Labute approximate surface area is 121 Å². The lowest BCUT2D eigenvalue weighted by Gasteiger charge is -2.09. The van der Waals surface area contributed by atoms with E-state index in [1.807, 2.05) is 0 Å². The van der Waals surface area contributed by atoms with Gasteiger partial charge in [0.1, 0.15) is 23.3 Å². The molecule has 100 valence electrons. The molecule has 0 aliphatic rings. The van der Waals surface area contributed by atoms with Gasteiger partial charge in [-0.05, 0) is 28.3 Å². The molecule has 0 saturated heterocycles. The highest BCUT2D eigenvalue weighted by Gasteiger charge is 2.10. The Morgan fingerprint density at radius 3 is 2.63 bits per heavy atom. The van der Waals surface area contributed by atoms with Crippen LogP contribution in [0.25, 0.3) is 0 Å². The quantitative estimate of drug-likeness (QED) is 0.505. The van der Waals surface area contributed by atoms with E-state index in [4.69, 9.17) is 5.73 Å². The monoisotopic (exact) mass is 346 g/mol. The predicted molar refractivity (Wildman–Crippen MR) is 75.6 cm³/mol. The van der Waals surface area contributed by atoms with Gasteiger partial charge in [0.25, 0.3) is 0 Å². The number of nitrogens with zero attached hydrogens (tertiary/aromatic N) is 2. The summed E-state index contributed by atoms with van der Waals surface area (Å²) in [6.45, 7) is 0. The molecule has 0 unspecified atom stereocenters. The summed E-state index contributed by atoms with van der Waals surface area (Å²) in [4.78, 5) is 8.06. The third-order valence-corrected chi connectivity index (χ3v) is 3.34. The largest absolute Gasteiger partial charge is 0.383 e. The number of rotatable bonds is 3. The van der Waals surface area contributed by atoms with Gasteiger partial charge in [-0.15, -0.1) is 0 Å². The molecule has 19 heavy (non-hydrogen) atoms. The van der Waals surface area contributed by atoms with Gasteiger partial charge in [-0.2, -0.15) is 0 Å². The van der Waals surface area contributed by atoms with Gasteiger partial charge in [-0.1, -0.05) is 11.8 Å². The van der Waals surface area contributed by atoms with Crippen LogP contribution < -0.4 is 11.1 Å². The number of nitrogen functional groups attached to an aromatic ring is 1. The number of thioether (sulfide) groups is 1. The molecule has 1 heterocycles. The molecule has 4 nitrogen and oxygen atoms in total. The Hall–Kier alpha value is -1.41. The molecule has 0 fully saturated rings. The van der Waals surface area contributed by atoms with Crippen LogP contribution in [0, 0.1) is 11.6 Å². The lowest BCUT2D eigenvalue weighted by Crippen LogP contribution is -2.02. The second-order valence-corrected chi connectivity index (χ2v) is 5.16. The maximum absolute atomic E-state index is 13.7. The van der Waals surface area contributed by atoms with Crippen molar-refractivity contribution in [1.82, 2.24) is 9.97 Å². The van der Waals surface area contributed by atoms with Crippen LogP contribution in [0.1, 0.15) is 0 Å². The van der Waals surface area contributed by atoms with Gasteiger partial charge in [0, 0.05) is 12.1 Å². The number of nitrogens with one attached hydrogen (secondary N) is 1. The van der Waals surface area contributed by atoms with Crippen LogP contribution in [0.5, 0.6) is 0 Å². The fourth-order valence-electron chi connectivity index (χ4n) is 1.35. The van der Waals surface area contributed by atoms with Crippen molar-refractivity contribution in [1.29, 1.82) is 0 Å². The summed E-state index contributed by atoms with van der Waals surface area (Å²) in [7, 11) is 0. The number of benzene rings is 1. The van der Waals surface area contributed by atoms with Crippen LogP contribution in [0.4, 0.5) is 26.1 Å². The number of hydrogen-bond acceptors (Lipinski definition) is 5. The third-order valence-electron chi connectivity index (χ3n) is 2.18. The molecular formula is C11H9BrF2N4S. The summed E-state index contributed by atoms with van der Waals surface area (Å²) in [5.41, 5.74) is 5.58. The summed E-state index contributed by atoms with van der Waals surface area (Å²) in [6, 6.07) is 3.52. The number of halogens is 3. The maximum atomic E-state index is 13.7. The van der Waals surface area contributed by atoms with E-state index < -0.39 is 11.6 Å². The van der Waals surface area contributed by atoms with E-state index in [9.17, 15) is 8.78 Å². The van der Waals surface area contributed by atoms with Crippen LogP contribution in [-0.2, 0) is 0 Å². The zero-order valence-electron chi connectivity index (χ0n) is 9.75. The van der Waals surface area contributed by atoms with E-state index in [0.29, 0.717) is 11.0 Å². The van der Waals surface area contributed by atoms with E-state index in [1.165, 1.54) is 17.8 Å². The molecule has 0 atom stereocenters. The average molecular weight is 347 g/mol. The molecule has 0 amide bonds. The Balaban J connectivity index is 2.36. The lowest BCUT2D eigenvalue weighted by atomic mass is 10.3. The van der Waals surface area contributed by atoms with Crippen molar-refractivity contribution >= 4 is 45.0 Å². The zero-order valence-corrected chi connectivity index (χ0v) is 12.1. The number of aromatic nitrogens is 2. The molecule has 0 bridgehead atoms. The minimum atomic E-state index is -0.601. The Morgan fingerprint density at radius 1 is 1.21 bits per heavy atom. The summed E-state index contributed by atoms with van der Waals surface area (Å²) in [5, 5.41) is 3.12. The fraction of sp³-hybridized carbons (Fsp3) is 0.0909. The van der Waals surface area contributed by atoms with Crippen molar-refractivity contribution in [3.05, 3.63) is 34.3 Å². The van der Waals surface area contributed by atoms with Crippen molar-refractivity contribution < 1.29 is 8.78 Å². The molecule has 0 aliphatic carbocycles. The number of hydrogen-bond donors (Lipinski definition) is 2. The minimum absolute atomic E-state index is 0.0224. The standard InChI is InChI=1S/C11H9BrF2N4S/c1-19-11-17-9(15)4-10(18-11)16-8-3-6(13)5(12)2-7(8)14/h2-4H,1H3,(H3,15,16,17,18). The summed E-state index contributed by atoms with van der Waals surface area (Å²) >= 11 is 4.21. The van der Waals surface area contributed by atoms with Crippen molar-refractivity contribution in [3.63, 3.8) is 0 Å². The maximum Gasteiger partial charge on any atom is 0.191 e. The molecule has 2 rings (SSSR count). The second-order valence-electron chi connectivity index (χ2n) is 3.54. The van der Waals surface area contributed by atoms with Gasteiger partial charge in [0.05, 0.1) is 10.2 Å². The van der Waals surface area contributed by atoms with Crippen LogP contribution in [0.2, 0.25) is 0 Å². The first kappa shape index (κ1) is 14.0. The topological polar surface area (TPSA) is 63.8 Å².